The van der Waals surface area contributed by atoms with Gasteiger partial charge in [-0.25, -0.2) is 9.97 Å². The number of benzene rings is 1. The van der Waals surface area contributed by atoms with Crippen molar-refractivity contribution in [3.8, 4) is 5.69 Å². The molecule has 0 unspecified atom stereocenters. The Morgan fingerprint density at radius 1 is 1.37 bits per heavy atom. The maximum Gasteiger partial charge on any atom is 0.272 e. The maximum atomic E-state index is 10.8. The quantitative estimate of drug-likeness (QED) is 0.699. The first kappa shape index (κ1) is 11.9. The molecular weight excluding hydrogens is 268 g/mol. The minimum atomic E-state index is -4.09. The molecule has 8 heteroatoms. The number of imidazole rings is 2. The first-order valence-corrected chi connectivity index (χ1v) is 7.04. The smallest absolute Gasteiger partial charge is 0.272 e. The highest BCUT2D eigenvalue weighted by Crippen LogP contribution is 2.17. The van der Waals surface area contributed by atoms with E-state index >= 15 is 0 Å². The van der Waals surface area contributed by atoms with Crippen molar-refractivity contribution in [1.82, 2.24) is 19.5 Å². The van der Waals surface area contributed by atoms with Gasteiger partial charge in [0.2, 0.25) is 0 Å². The van der Waals surface area contributed by atoms with Crippen molar-refractivity contribution in [3.63, 3.8) is 0 Å². The monoisotopic (exact) mass is 278 g/mol. The third-order valence-corrected chi connectivity index (χ3v) is 3.28. The van der Waals surface area contributed by atoms with Gasteiger partial charge in [-0.15, -0.1) is 0 Å². The van der Waals surface area contributed by atoms with E-state index in [2.05, 4.69) is 15.0 Å². The highest BCUT2D eigenvalue weighted by Gasteiger charge is 2.11. The summed E-state index contributed by atoms with van der Waals surface area (Å²) in [5.41, 5.74) is 2.21. The number of aromatic amines is 1. The lowest BCUT2D eigenvalue weighted by atomic mass is 10.3. The van der Waals surface area contributed by atoms with Crippen molar-refractivity contribution < 1.29 is 13.0 Å². The molecule has 0 bridgehead atoms. The van der Waals surface area contributed by atoms with Crippen LogP contribution in [0, 0.1) is 0 Å². The summed E-state index contributed by atoms with van der Waals surface area (Å²) >= 11 is 0. The Hall–Kier alpha value is -2.19. The second-order valence-electron chi connectivity index (χ2n) is 4.08. The fourth-order valence-electron chi connectivity index (χ4n) is 1.86. The molecule has 2 aromatic heterocycles. The van der Waals surface area contributed by atoms with Gasteiger partial charge in [0.1, 0.15) is 11.6 Å². The van der Waals surface area contributed by atoms with Crippen LogP contribution in [0.2, 0.25) is 0 Å². The standard InChI is InChI=1S/C11H10N4O3S/c16-19(17,18)6-11-13-9-2-1-8(5-10(9)14-11)15-4-3-12-7-15/h1-5,7H,6H2,(H,13,14)(H,16,17,18). The minimum Gasteiger partial charge on any atom is -0.341 e. The van der Waals surface area contributed by atoms with E-state index in [9.17, 15) is 8.42 Å². The fourth-order valence-corrected chi connectivity index (χ4v) is 2.34. The summed E-state index contributed by atoms with van der Waals surface area (Å²) in [6, 6.07) is 5.46. The van der Waals surface area contributed by atoms with E-state index in [4.69, 9.17) is 4.55 Å². The number of hydrogen-bond acceptors (Lipinski definition) is 4. The molecule has 0 amide bonds. The summed E-state index contributed by atoms with van der Waals surface area (Å²) in [6.07, 6.45) is 5.12. The van der Waals surface area contributed by atoms with E-state index in [0.717, 1.165) is 5.69 Å². The molecule has 0 fully saturated rings. The van der Waals surface area contributed by atoms with E-state index in [1.165, 1.54) is 0 Å². The average molecular weight is 278 g/mol. The predicted octanol–water partition coefficient (Wildman–Crippen LogP) is 1.14. The van der Waals surface area contributed by atoms with Gasteiger partial charge in [-0.3, -0.25) is 4.55 Å². The van der Waals surface area contributed by atoms with Gasteiger partial charge < -0.3 is 9.55 Å². The van der Waals surface area contributed by atoms with Crippen molar-refractivity contribution >= 4 is 21.2 Å². The zero-order valence-electron chi connectivity index (χ0n) is 9.68. The lowest BCUT2D eigenvalue weighted by molar-refractivity contribution is 0.481. The summed E-state index contributed by atoms with van der Waals surface area (Å²) < 4.78 is 32.2. The number of hydrogen-bond donors (Lipinski definition) is 2. The first-order chi connectivity index (χ1) is 9.01. The van der Waals surface area contributed by atoms with Crippen molar-refractivity contribution in [2.24, 2.45) is 0 Å². The van der Waals surface area contributed by atoms with Crippen molar-refractivity contribution in [1.29, 1.82) is 0 Å². The van der Waals surface area contributed by atoms with Gasteiger partial charge in [-0.05, 0) is 18.2 Å². The van der Waals surface area contributed by atoms with Crippen LogP contribution < -0.4 is 0 Å². The zero-order chi connectivity index (χ0) is 13.5. The lowest BCUT2D eigenvalue weighted by Gasteiger charge is -2.00. The fraction of sp³-hybridized carbons (Fsp3) is 0.0909. The Bertz CT molecular complexity index is 821. The minimum absolute atomic E-state index is 0.209. The number of aromatic nitrogens is 4. The molecule has 3 rings (SSSR count). The van der Waals surface area contributed by atoms with E-state index in [1.807, 2.05) is 10.6 Å². The highest BCUT2D eigenvalue weighted by atomic mass is 32.2. The second kappa shape index (κ2) is 4.18. The molecule has 0 atom stereocenters. The molecule has 0 aliphatic heterocycles. The molecule has 0 aliphatic carbocycles. The van der Waals surface area contributed by atoms with Crippen molar-refractivity contribution in [3.05, 3.63) is 42.7 Å². The van der Waals surface area contributed by atoms with Crippen LogP contribution in [0.5, 0.6) is 0 Å². The topological polar surface area (TPSA) is 101 Å². The van der Waals surface area contributed by atoms with Gasteiger partial charge in [0.15, 0.2) is 0 Å². The molecule has 2 N–H and O–H groups in total. The van der Waals surface area contributed by atoms with Crippen LogP contribution >= 0.6 is 0 Å². The van der Waals surface area contributed by atoms with E-state index < -0.39 is 15.9 Å². The van der Waals surface area contributed by atoms with E-state index in [-0.39, 0.29) is 5.82 Å². The molecule has 3 aromatic rings. The molecule has 0 aliphatic rings. The van der Waals surface area contributed by atoms with Crippen LogP contribution in [-0.4, -0.2) is 32.5 Å². The summed E-state index contributed by atoms with van der Waals surface area (Å²) in [5.74, 6) is -0.317. The molecule has 2 heterocycles. The third kappa shape index (κ3) is 2.49. The zero-order valence-corrected chi connectivity index (χ0v) is 10.5. The molecule has 0 spiro atoms. The molecule has 0 radical (unpaired) electrons. The van der Waals surface area contributed by atoms with E-state index in [0.29, 0.717) is 11.0 Å². The summed E-state index contributed by atoms with van der Waals surface area (Å²) in [4.78, 5) is 10.9. The normalized spacial score (nSPS) is 12.1. The molecule has 98 valence electrons. The summed E-state index contributed by atoms with van der Waals surface area (Å²) in [6.45, 7) is 0. The SMILES string of the molecule is O=S(=O)(O)Cc1nc2cc(-n3ccnc3)ccc2[nH]1. The van der Waals surface area contributed by atoms with Crippen molar-refractivity contribution in [2.75, 3.05) is 0 Å². The molecule has 0 saturated heterocycles. The number of H-pyrrole nitrogens is 1. The van der Waals surface area contributed by atoms with Crippen molar-refractivity contribution in [2.45, 2.75) is 5.75 Å². The number of fused-ring (bicyclic) bond motifs is 1. The van der Waals surface area contributed by atoms with Crippen LogP contribution in [0.4, 0.5) is 0 Å². The Kier molecular flexibility index (Phi) is 2.61. The molecular formula is C11H10N4O3S. The van der Waals surface area contributed by atoms with Crippen LogP contribution in [0.25, 0.3) is 16.7 Å². The number of nitrogens with one attached hydrogen (secondary N) is 1. The third-order valence-electron chi connectivity index (χ3n) is 2.64. The second-order valence-corrected chi connectivity index (χ2v) is 5.53. The molecule has 0 saturated carbocycles. The van der Waals surface area contributed by atoms with Crippen LogP contribution in [-0.2, 0) is 15.9 Å². The number of nitrogens with zero attached hydrogens (tertiary/aromatic N) is 3. The predicted molar refractivity (Wildman–Crippen MR) is 68.5 cm³/mol. The van der Waals surface area contributed by atoms with E-state index in [1.54, 1.807) is 30.9 Å². The van der Waals surface area contributed by atoms with Crippen LogP contribution in [0.1, 0.15) is 5.82 Å². The molecule has 7 nitrogen and oxygen atoms in total. The largest absolute Gasteiger partial charge is 0.341 e. The van der Waals surface area contributed by atoms with Crippen LogP contribution in [0.15, 0.2) is 36.9 Å². The van der Waals surface area contributed by atoms with Gasteiger partial charge in [0.05, 0.1) is 17.4 Å². The Morgan fingerprint density at radius 3 is 2.89 bits per heavy atom. The van der Waals surface area contributed by atoms with Gasteiger partial charge in [-0.1, -0.05) is 0 Å². The molecule has 1 aromatic carbocycles. The summed E-state index contributed by atoms with van der Waals surface area (Å²) in [7, 11) is -4.09. The van der Waals surface area contributed by atoms with Gasteiger partial charge >= 0.3 is 0 Å². The summed E-state index contributed by atoms with van der Waals surface area (Å²) in [5, 5.41) is 0. The Balaban J connectivity index is 2.04. The molecule has 19 heavy (non-hydrogen) atoms. The average Bonchev–Trinajstić information content (AvgIpc) is 2.93. The Labute approximate surface area is 108 Å². The highest BCUT2D eigenvalue weighted by molar-refractivity contribution is 7.84. The maximum absolute atomic E-state index is 10.8. The van der Waals surface area contributed by atoms with Crippen LogP contribution in [0.3, 0.4) is 0 Å². The van der Waals surface area contributed by atoms with Gasteiger partial charge in [-0.2, -0.15) is 8.42 Å². The first-order valence-electron chi connectivity index (χ1n) is 5.43. The Morgan fingerprint density at radius 2 is 2.21 bits per heavy atom. The van der Waals surface area contributed by atoms with Gasteiger partial charge in [0, 0.05) is 18.1 Å². The lowest BCUT2D eigenvalue weighted by Crippen LogP contribution is -2.02. The van der Waals surface area contributed by atoms with Gasteiger partial charge in [0.25, 0.3) is 10.1 Å². The number of rotatable bonds is 3.